The molecule has 0 N–H and O–H groups in total. The zero-order chi connectivity index (χ0) is 15.0. The molecular formula is C18H16N2O. The van der Waals surface area contributed by atoms with Crippen LogP contribution in [0.1, 0.15) is 18.1 Å². The Morgan fingerprint density at radius 3 is 2.71 bits per heavy atom. The fourth-order valence-electron chi connectivity index (χ4n) is 2.45. The summed E-state index contributed by atoms with van der Waals surface area (Å²) in [6.45, 7) is 7.94. The molecule has 21 heavy (non-hydrogen) atoms. The van der Waals surface area contributed by atoms with Crippen molar-refractivity contribution >= 4 is 16.5 Å². The number of aromatic nitrogens is 2. The van der Waals surface area contributed by atoms with Gasteiger partial charge in [-0.1, -0.05) is 36.4 Å². The Kier molecular flexibility index (Phi) is 3.18. The van der Waals surface area contributed by atoms with Gasteiger partial charge in [-0.15, -0.1) is 0 Å². The van der Waals surface area contributed by atoms with E-state index in [1.165, 1.54) is 0 Å². The third kappa shape index (κ3) is 2.38. The lowest BCUT2D eigenvalue weighted by molar-refractivity contribution is 0.935. The van der Waals surface area contributed by atoms with Crippen molar-refractivity contribution in [3.8, 4) is 5.69 Å². The van der Waals surface area contributed by atoms with Crippen molar-refractivity contribution in [2.45, 2.75) is 13.8 Å². The minimum absolute atomic E-state index is 0.278. The van der Waals surface area contributed by atoms with Crippen molar-refractivity contribution in [3.05, 3.63) is 76.9 Å². The second kappa shape index (κ2) is 5.02. The van der Waals surface area contributed by atoms with E-state index in [-0.39, 0.29) is 5.69 Å². The normalized spacial score (nSPS) is 10.8. The number of rotatable bonds is 2. The third-order valence-corrected chi connectivity index (χ3v) is 3.50. The number of hydrogen-bond acceptors (Lipinski definition) is 2. The van der Waals surface area contributed by atoms with Gasteiger partial charge in [0.2, 0.25) is 0 Å². The quantitative estimate of drug-likeness (QED) is 0.715. The van der Waals surface area contributed by atoms with Crippen LogP contribution in [0.5, 0.6) is 0 Å². The molecule has 104 valence electrons. The standard InChI is InChI=1S/C18H16N2O/c1-12(2)15-6-4-5-7-17(15)20-11-14-10-13(3)8-9-16(14)19-18(20)21/h4-11H,1H2,2-3H3. The number of benzene rings is 2. The molecule has 0 fully saturated rings. The lowest BCUT2D eigenvalue weighted by atomic mass is 10.1. The first kappa shape index (κ1) is 13.3. The summed E-state index contributed by atoms with van der Waals surface area (Å²) in [5.74, 6) is 0. The first-order valence-electron chi connectivity index (χ1n) is 6.81. The zero-order valence-corrected chi connectivity index (χ0v) is 12.1. The maximum Gasteiger partial charge on any atom is 0.352 e. The number of allylic oxidation sites excluding steroid dienone is 1. The summed E-state index contributed by atoms with van der Waals surface area (Å²) in [6, 6.07) is 13.6. The molecule has 0 radical (unpaired) electrons. The van der Waals surface area contributed by atoms with Gasteiger partial charge in [0, 0.05) is 17.1 Å². The molecule has 0 amide bonds. The van der Waals surface area contributed by atoms with Gasteiger partial charge in [-0.05, 0) is 37.6 Å². The van der Waals surface area contributed by atoms with Crippen molar-refractivity contribution in [3.63, 3.8) is 0 Å². The van der Waals surface area contributed by atoms with Crippen LogP contribution < -0.4 is 5.69 Å². The largest absolute Gasteiger partial charge is 0.352 e. The zero-order valence-electron chi connectivity index (χ0n) is 12.1. The minimum Gasteiger partial charge on any atom is -0.267 e. The SMILES string of the molecule is C=C(C)c1ccccc1-n1cc2cc(C)ccc2nc1=O. The molecule has 3 aromatic rings. The number of nitrogens with zero attached hydrogens (tertiary/aromatic N) is 2. The second-order valence-electron chi connectivity index (χ2n) is 5.25. The highest BCUT2D eigenvalue weighted by Crippen LogP contribution is 2.21. The van der Waals surface area contributed by atoms with Gasteiger partial charge in [-0.2, -0.15) is 4.98 Å². The molecule has 3 heteroatoms. The summed E-state index contributed by atoms with van der Waals surface area (Å²) in [7, 11) is 0. The lowest BCUT2D eigenvalue weighted by Crippen LogP contribution is -2.21. The maximum atomic E-state index is 12.3. The Balaban J connectivity index is 2.33. The number of hydrogen-bond donors (Lipinski definition) is 0. The predicted octanol–water partition coefficient (Wildman–Crippen LogP) is 3.73. The molecule has 2 aromatic carbocycles. The summed E-state index contributed by atoms with van der Waals surface area (Å²) in [5.41, 5.74) is 4.26. The van der Waals surface area contributed by atoms with E-state index < -0.39 is 0 Å². The Morgan fingerprint density at radius 1 is 1.19 bits per heavy atom. The van der Waals surface area contributed by atoms with Crippen LogP contribution in [0, 0.1) is 6.92 Å². The second-order valence-corrected chi connectivity index (χ2v) is 5.25. The van der Waals surface area contributed by atoms with Gasteiger partial charge in [0.1, 0.15) is 0 Å². The monoisotopic (exact) mass is 276 g/mol. The highest BCUT2D eigenvalue weighted by Gasteiger charge is 2.08. The topological polar surface area (TPSA) is 34.9 Å². The van der Waals surface area contributed by atoms with E-state index in [0.717, 1.165) is 33.3 Å². The van der Waals surface area contributed by atoms with E-state index in [0.29, 0.717) is 0 Å². The summed E-state index contributed by atoms with van der Waals surface area (Å²) in [4.78, 5) is 16.5. The molecule has 0 aliphatic carbocycles. The molecule has 3 nitrogen and oxygen atoms in total. The van der Waals surface area contributed by atoms with Gasteiger partial charge in [-0.3, -0.25) is 4.57 Å². The summed E-state index contributed by atoms with van der Waals surface area (Å²) >= 11 is 0. The molecule has 0 saturated heterocycles. The molecule has 0 bridgehead atoms. The van der Waals surface area contributed by atoms with E-state index in [4.69, 9.17) is 0 Å². The molecule has 0 aliphatic heterocycles. The Morgan fingerprint density at radius 2 is 1.95 bits per heavy atom. The number of aryl methyl sites for hydroxylation is 1. The first-order valence-corrected chi connectivity index (χ1v) is 6.81. The van der Waals surface area contributed by atoms with Gasteiger partial charge in [0.15, 0.2) is 0 Å². The highest BCUT2D eigenvalue weighted by atomic mass is 16.1. The molecule has 0 spiro atoms. The van der Waals surface area contributed by atoms with E-state index in [1.54, 1.807) is 4.57 Å². The van der Waals surface area contributed by atoms with Crippen molar-refractivity contribution in [2.24, 2.45) is 0 Å². The van der Waals surface area contributed by atoms with Crippen molar-refractivity contribution in [1.82, 2.24) is 9.55 Å². The van der Waals surface area contributed by atoms with Crippen LogP contribution in [0.25, 0.3) is 22.2 Å². The average Bonchev–Trinajstić information content (AvgIpc) is 2.47. The Hall–Kier alpha value is -2.68. The van der Waals surface area contributed by atoms with Crippen LogP contribution in [0.15, 0.2) is 60.0 Å². The Labute approximate surface area is 123 Å². The highest BCUT2D eigenvalue weighted by molar-refractivity contribution is 5.79. The summed E-state index contributed by atoms with van der Waals surface area (Å²) < 4.78 is 1.59. The smallest absolute Gasteiger partial charge is 0.267 e. The first-order chi connectivity index (χ1) is 10.1. The van der Waals surface area contributed by atoms with Crippen LogP contribution in [-0.4, -0.2) is 9.55 Å². The summed E-state index contributed by atoms with van der Waals surface area (Å²) in [5, 5.41) is 0.950. The third-order valence-electron chi connectivity index (χ3n) is 3.50. The molecule has 0 atom stereocenters. The van der Waals surface area contributed by atoms with Gasteiger partial charge in [0.05, 0.1) is 11.2 Å². The van der Waals surface area contributed by atoms with Crippen molar-refractivity contribution in [2.75, 3.05) is 0 Å². The van der Waals surface area contributed by atoms with Gasteiger partial charge >= 0.3 is 5.69 Å². The molecular weight excluding hydrogens is 260 g/mol. The predicted molar refractivity (Wildman–Crippen MR) is 86.8 cm³/mol. The molecule has 0 saturated carbocycles. The van der Waals surface area contributed by atoms with Crippen LogP contribution >= 0.6 is 0 Å². The van der Waals surface area contributed by atoms with E-state index >= 15 is 0 Å². The van der Waals surface area contributed by atoms with E-state index in [2.05, 4.69) is 11.6 Å². The van der Waals surface area contributed by atoms with E-state index in [9.17, 15) is 4.79 Å². The average molecular weight is 276 g/mol. The lowest BCUT2D eigenvalue weighted by Gasteiger charge is -2.12. The Bertz CT molecular complexity index is 906. The number of fused-ring (bicyclic) bond motifs is 1. The van der Waals surface area contributed by atoms with Crippen LogP contribution in [-0.2, 0) is 0 Å². The van der Waals surface area contributed by atoms with Crippen LogP contribution in [0.3, 0.4) is 0 Å². The van der Waals surface area contributed by atoms with Gasteiger partial charge < -0.3 is 0 Å². The van der Waals surface area contributed by atoms with Crippen LogP contribution in [0.2, 0.25) is 0 Å². The molecule has 1 heterocycles. The minimum atomic E-state index is -0.278. The molecule has 1 aromatic heterocycles. The molecule has 0 aliphatic rings. The summed E-state index contributed by atoms with van der Waals surface area (Å²) in [6.07, 6.45) is 1.85. The van der Waals surface area contributed by atoms with Crippen molar-refractivity contribution in [1.29, 1.82) is 0 Å². The fraction of sp³-hybridized carbons (Fsp3) is 0.111. The molecule has 0 unspecified atom stereocenters. The molecule has 3 rings (SSSR count). The van der Waals surface area contributed by atoms with E-state index in [1.807, 2.05) is 62.5 Å². The maximum absolute atomic E-state index is 12.3. The van der Waals surface area contributed by atoms with Crippen molar-refractivity contribution < 1.29 is 0 Å². The van der Waals surface area contributed by atoms with Crippen LogP contribution in [0.4, 0.5) is 0 Å². The van der Waals surface area contributed by atoms with Gasteiger partial charge in [0.25, 0.3) is 0 Å². The number of para-hydroxylation sites is 1. The fourth-order valence-corrected chi connectivity index (χ4v) is 2.45. The van der Waals surface area contributed by atoms with Gasteiger partial charge in [-0.25, -0.2) is 4.79 Å².